The number of rotatable bonds is 5. The number of benzene rings is 1. The zero-order valence-corrected chi connectivity index (χ0v) is 10.2. The summed E-state index contributed by atoms with van der Waals surface area (Å²) in [7, 11) is 1.23. The van der Waals surface area contributed by atoms with Gasteiger partial charge in [-0.1, -0.05) is 6.08 Å². The third-order valence-electron chi connectivity index (χ3n) is 2.36. The molecule has 0 atom stereocenters. The van der Waals surface area contributed by atoms with Gasteiger partial charge in [0.15, 0.2) is 0 Å². The molecule has 0 aliphatic heterocycles. The van der Waals surface area contributed by atoms with Gasteiger partial charge >= 0.3 is 5.97 Å². The number of ether oxygens (including phenoxy) is 1. The van der Waals surface area contributed by atoms with E-state index in [4.69, 9.17) is 0 Å². The van der Waals surface area contributed by atoms with E-state index in [9.17, 15) is 14.9 Å². The fourth-order valence-electron chi connectivity index (χ4n) is 1.55. The van der Waals surface area contributed by atoms with Crippen LogP contribution >= 0.6 is 0 Å². The van der Waals surface area contributed by atoms with E-state index in [1.165, 1.54) is 13.2 Å². The normalized spacial score (nSPS) is 9.67. The van der Waals surface area contributed by atoms with E-state index < -0.39 is 10.9 Å². The lowest BCUT2D eigenvalue weighted by Crippen LogP contribution is -2.08. The summed E-state index contributed by atoms with van der Waals surface area (Å²) in [6, 6.07) is 2.74. The molecule has 0 saturated heterocycles. The van der Waals surface area contributed by atoms with Gasteiger partial charge in [-0.15, -0.1) is 6.58 Å². The van der Waals surface area contributed by atoms with Crippen molar-refractivity contribution in [3.8, 4) is 0 Å². The molecular formula is C12H14N2O4. The number of nitro benzene ring substituents is 1. The average Bonchev–Trinajstić information content (AvgIpc) is 2.35. The molecular weight excluding hydrogens is 236 g/mol. The van der Waals surface area contributed by atoms with E-state index in [-0.39, 0.29) is 11.3 Å². The number of anilines is 1. The lowest BCUT2D eigenvalue weighted by molar-refractivity contribution is -0.384. The Bertz CT molecular complexity index is 497. The average molecular weight is 250 g/mol. The van der Waals surface area contributed by atoms with Crippen molar-refractivity contribution in [2.75, 3.05) is 19.0 Å². The summed E-state index contributed by atoms with van der Waals surface area (Å²) in [5.74, 6) is -0.600. The zero-order valence-electron chi connectivity index (χ0n) is 10.2. The Morgan fingerprint density at radius 3 is 2.78 bits per heavy atom. The summed E-state index contributed by atoms with van der Waals surface area (Å²) in [6.45, 7) is 5.62. The molecule has 18 heavy (non-hydrogen) atoms. The highest BCUT2D eigenvalue weighted by Gasteiger charge is 2.20. The van der Waals surface area contributed by atoms with Crippen LogP contribution in [0.4, 0.5) is 11.4 Å². The number of nitro groups is 1. The van der Waals surface area contributed by atoms with Gasteiger partial charge in [0.05, 0.1) is 17.6 Å². The van der Waals surface area contributed by atoms with Crippen molar-refractivity contribution >= 4 is 17.3 Å². The Labute approximate surface area is 104 Å². The predicted molar refractivity (Wildman–Crippen MR) is 67.9 cm³/mol. The largest absolute Gasteiger partial charge is 0.465 e. The fraction of sp³-hybridized carbons (Fsp3) is 0.250. The highest BCUT2D eigenvalue weighted by atomic mass is 16.6. The minimum absolute atomic E-state index is 0.155. The topological polar surface area (TPSA) is 81.5 Å². The summed E-state index contributed by atoms with van der Waals surface area (Å²) < 4.78 is 4.55. The third kappa shape index (κ3) is 2.85. The van der Waals surface area contributed by atoms with Crippen LogP contribution in [0.25, 0.3) is 0 Å². The molecule has 0 heterocycles. The van der Waals surface area contributed by atoms with Crippen LogP contribution in [0.15, 0.2) is 24.8 Å². The van der Waals surface area contributed by atoms with Gasteiger partial charge in [0.1, 0.15) is 5.69 Å². The van der Waals surface area contributed by atoms with E-state index in [0.29, 0.717) is 17.8 Å². The number of nitrogens with zero attached hydrogens (tertiary/aromatic N) is 1. The first kappa shape index (κ1) is 13.7. The highest BCUT2D eigenvalue weighted by Crippen LogP contribution is 2.29. The molecule has 1 N–H and O–H groups in total. The Kier molecular flexibility index (Phi) is 4.42. The molecule has 1 rings (SSSR count). The molecule has 0 bridgehead atoms. The second kappa shape index (κ2) is 5.81. The number of esters is 1. The van der Waals surface area contributed by atoms with Crippen LogP contribution in [0.3, 0.4) is 0 Å². The quantitative estimate of drug-likeness (QED) is 0.375. The van der Waals surface area contributed by atoms with Crippen molar-refractivity contribution in [3.63, 3.8) is 0 Å². The minimum atomic E-state index is -0.600. The SMILES string of the molecule is C=CCNc1c(C)cc(C(=O)OC)cc1[N+](=O)[O-]. The number of carbonyl (C=O) groups is 1. The van der Waals surface area contributed by atoms with E-state index in [1.807, 2.05) is 0 Å². The van der Waals surface area contributed by atoms with E-state index >= 15 is 0 Å². The van der Waals surface area contributed by atoms with E-state index in [2.05, 4.69) is 16.6 Å². The maximum absolute atomic E-state index is 11.4. The van der Waals surface area contributed by atoms with Crippen molar-refractivity contribution in [2.24, 2.45) is 0 Å². The molecule has 1 aromatic carbocycles. The van der Waals surface area contributed by atoms with Crippen molar-refractivity contribution in [2.45, 2.75) is 6.92 Å². The fourth-order valence-corrected chi connectivity index (χ4v) is 1.55. The standard InChI is InChI=1S/C12H14N2O4/c1-4-5-13-11-8(2)6-9(12(15)18-3)7-10(11)14(16)17/h4,6-7,13H,1,5H2,2-3H3. The summed E-state index contributed by atoms with van der Waals surface area (Å²) in [4.78, 5) is 21.8. The van der Waals surface area contributed by atoms with Crippen molar-refractivity contribution < 1.29 is 14.5 Å². The zero-order chi connectivity index (χ0) is 13.7. The van der Waals surface area contributed by atoms with Gasteiger partial charge in [0.25, 0.3) is 5.69 Å². The lowest BCUT2D eigenvalue weighted by atomic mass is 10.1. The van der Waals surface area contributed by atoms with Crippen LogP contribution < -0.4 is 5.32 Å². The number of hydrogen-bond acceptors (Lipinski definition) is 5. The number of carbonyl (C=O) groups excluding carboxylic acids is 1. The first-order valence-electron chi connectivity index (χ1n) is 5.23. The lowest BCUT2D eigenvalue weighted by Gasteiger charge is -2.10. The number of hydrogen-bond donors (Lipinski definition) is 1. The Morgan fingerprint density at radius 2 is 2.28 bits per heavy atom. The van der Waals surface area contributed by atoms with Gasteiger partial charge < -0.3 is 10.1 Å². The molecule has 6 heteroatoms. The second-order valence-electron chi connectivity index (χ2n) is 3.61. The summed E-state index contributed by atoms with van der Waals surface area (Å²) in [5, 5.41) is 13.9. The molecule has 0 unspecified atom stereocenters. The molecule has 0 saturated carbocycles. The monoisotopic (exact) mass is 250 g/mol. The Hall–Kier alpha value is -2.37. The van der Waals surface area contributed by atoms with Crippen LogP contribution in [0.2, 0.25) is 0 Å². The molecule has 6 nitrogen and oxygen atoms in total. The van der Waals surface area contributed by atoms with Crippen LogP contribution in [0.5, 0.6) is 0 Å². The van der Waals surface area contributed by atoms with Crippen molar-refractivity contribution in [3.05, 3.63) is 46.0 Å². The number of nitrogens with one attached hydrogen (secondary N) is 1. The molecule has 0 spiro atoms. The van der Waals surface area contributed by atoms with Crippen LogP contribution in [0.1, 0.15) is 15.9 Å². The van der Waals surface area contributed by atoms with Crippen LogP contribution in [-0.4, -0.2) is 24.5 Å². The van der Waals surface area contributed by atoms with E-state index in [0.717, 1.165) is 0 Å². The Balaban J connectivity index is 3.30. The molecule has 0 radical (unpaired) electrons. The molecule has 1 aromatic rings. The molecule has 0 amide bonds. The first-order chi connectivity index (χ1) is 8.51. The summed E-state index contributed by atoms with van der Waals surface area (Å²) in [5.41, 5.74) is 0.988. The highest BCUT2D eigenvalue weighted by molar-refractivity contribution is 5.92. The van der Waals surface area contributed by atoms with Gasteiger partial charge in [-0.2, -0.15) is 0 Å². The molecule has 0 fully saturated rings. The molecule has 0 aliphatic carbocycles. The van der Waals surface area contributed by atoms with Crippen LogP contribution in [0, 0.1) is 17.0 Å². The van der Waals surface area contributed by atoms with Gasteiger partial charge in [0, 0.05) is 12.6 Å². The minimum Gasteiger partial charge on any atom is -0.465 e. The van der Waals surface area contributed by atoms with Gasteiger partial charge in [-0.05, 0) is 18.6 Å². The maximum atomic E-state index is 11.4. The summed E-state index contributed by atoms with van der Waals surface area (Å²) in [6.07, 6.45) is 1.59. The van der Waals surface area contributed by atoms with Crippen LogP contribution in [-0.2, 0) is 4.74 Å². The molecule has 0 aliphatic rings. The maximum Gasteiger partial charge on any atom is 0.338 e. The predicted octanol–water partition coefficient (Wildman–Crippen LogP) is 2.29. The van der Waals surface area contributed by atoms with E-state index in [1.54, 1.807) is 19.1 Å². The van der Waals surface area contributed by atoms with Gasteiger partial charge in [-0.3, -0.25) is 10.1 Å². The van der Waals surface area contributed by atoms with Crippen molar-refractivity contribution in [1.82, 2.24) is 0 Å². The molecule has 0 aromatic heterocycles. The van der Waals surface area contributed by atoms with Crippen molar-refractivity contribution in [1.29, 1.82) is 0 Å². The number of aryl methyl sites for hydroxylation is 1. The van der Waals surface area contributed by atoms with Gasteiger partial charge in [-0.25, -0.2) is 4.79 Å². The smallest absolute Gasteiger partial charge is 0.338 e. The molecule has 96 valence electrons. The summed E-state index contributed by atoms with van der Waals surface area (Å²) >= 11 is 0. The third-order valence-corrected chi connectivity index (χ3v) is 2.36. The Morgan fingerprint density at radius 1 is 1.61 bits per heavy atom. The number of methoxy groups -OCH3 is 1. The van der Waals surface area contributed by atoms with Gasteiger partial charge in [0.2, 0.25) is 0 Å². The second-order valence-corrected chi connectivity index (χ2v) is 3.61. The first-order valence-corrected chi connectivity index (χ1v) is 5.23.